The highest BCUT2D eigenvalue weighted by molar-refractivity contribution is 5.99. The van der Waals surface area contributed by atoms with Crippen molar-refractivity contribution in [2.45, 2.75) is 38.6 Å². The van der Waals surface area contributed by atoms with Crippen LogP contribution < -0.4 is 5.73 Å². The lowest BCUT2D eigenvalue weighted by Gasteiger charge is -2.42. The summed E-state index contributed by atoms with van der Waals surface area (Å²) in [4.78, 5) is 38.3. The van der Waals surface area contributed by atoms with E-state index in [1.165, 1.54) is 6.42 Å². The highest BCUT2D eigenvalue weighted by Gasteiger charge is 2.38. The molecule has 4 rings (SSSR count). The van der Waals surface area contributed by atoms with Crippen LogP contribution >= 0.6 is 0 Å². The van der Waals surface area contributed by atoms with Crippen LogP contribution in [0.4, 0.5) is 5.82 Å². The number of benzene rings is 1. The Morgan fingerprint density at radius 2 is 2.07 bits per heavy atom. The number of rotatable bonds is 4. The van der Waals surface area contributed by atoms with Gasteiger partial charge in [-0.25, -0.2) is 9.97 Å². The Labute approximate surface area is 170 Å². The maximum absolute atomic E-state index is 13.4. The van der Waals surface area contributed by atoms with Crippen LogP contribution in [0, 0.1) is 12.8 Å². The number of nitrogen functional groups attached to an aromatic ring is 1. The van der Waals surface area contributed by atoms with Gasteiger partial charge in [-0.05, 0) is 31.4 Å². The van der Waals surface area contributed by atoms with Crippen LogP contribution in [0.2, 0.25) is 0 Å². The third-order valence-electron chi connectivity index (χ3n) is 6.15. The SMILES string of the molecule is Cc1nc(-c2cccc(C(=O)N3CCN(C)C(=O)C3CC3CCC3)c2)cnc1N. The molecule has 2 amide bonds. The Hall–Kier alpha value is -2.96. The van der Waals surface area contributed by atoms with Gasteiger partial charge in [0.25, 0.3) is 5.91 Å². The molecule has 1 aliphatic carbocycles. The van der Waals surface area contributed by atoms with E-state index in [2.05, 4.69) is 9.97 Å². The van der Waals surface area contributed by atoms with Crippen molar-refractivity contribution < 1.29 is 9.59 Å². The quantitative estimate of drug-likeness (QED) is 0.862. The van der Waals surface area contributed by atoms with Gasteiger partial charge in [0, 0.05) is 31.3 Å². The topological polar surface area (TPSA) is 92.4 Å². The van der Waals surface area contributed by atoms with Crippen LogP contribution in [0.3, 0.4) is 0 Å². The molecule has 152 valence electrons. The van der Waals surface area contributed by atoms with Crippen LogP contribution in [0.25, 0.3) is 11.3 Å². The summed E-state index contributed by atoms with van der Waals surface area (Å²) >= 11 is 0. The number of carbonyl (C=O) groups excluding carboxylic acids is 2. The molecule has 1 aromatic carbocycles. The fraction of sp³-hybridized carbons (Fsp3) is 0.455. The number of nitrogens with zero attached hydrogens (tertiary/aromatic N) is 4. The highest BCUT2D eigenvalue weighted by atomic mass is 16.2. The van der Waals surface area contributed by atoms with Gasteiger partial charge in [0.1, 0.15) is 11.9 Å². The van der Waals surface area contributed by atoms with E-state index >= 15 is 0 Å². The van der Waals surface area contributed by atoms with Crippen molar-refractivity contribution in [2.75, 3.05) is 25.9 Å². The van der Waals surface area contributed by atoms with Crippen molar-refractivity contribution in [3.8, 4) is 11.3 Å². The predicted molar refractivity (Wildman–Crippen MR) is 111 cm³/mol. The van der Waals surface area contributed by atoms with E-state index in [0.29, 0.717) is 41.8 Å². The summed E-state index contributed by atoms with van der Waals surface area (Å²) in [6, 6.07) is 7.00. The molecule has 1 aliphatic heterocycles. The van der Waals surface area contributed by atoms with Crippen molar-refractivity contribution in [1.29, 1.82) is 0 Å². The lowest BCUT2D eigenvalue weighted by Crippen LogP contribution is -2.58. The molecule has 2 aromatic rings. The van der Waals surface area contributed by atoms with Crippen LogP contribution in [-0.4, -0.2) is 57.8 Å². The zero-order valence-electron chi connectivity index (χ0n) is 17.0. The van der Waals surface area contributed by atoms with E-state index in [4.69, 9.17) is 5.73 Å². The van der Waals surface area contributed by atoms with Gasteiger partial charge in [-0.3, -0.25) is 9.59 Å². The first kappa shape index (κ1) is 19.4. The normalized spacial score (nSPS) is 19.9. The third kappa shape index (κ3) is 3.81. The van der Waals surface area contributed by atoms with Gasteiger partial charge in [-0.15, -0.1) is 0 Å². The molecule has 0 radical (unpaired) electrons. The number of aromatic nitrogens is 2. The van der Waals surface area contributed by atoms with Crippen molar-refractivity contribution in [3.05, 3.63) is 41.7 Å². The number of anilines is 1. The van der Waals surface area contributed by atoms with Crippen molar-refractivity contribution in [3.63, 3.8) is 0 Å². The number of hydrogen-bond donors (Lipinski definition) is 1. The lowest BCUT2D eigenvalue weighted by atomic mass is 9.80. The van der Waals surface area contributed by atoms with Crippen molar-refractivity contribution in [2.24, 2.45) is 5.92 Å². The summed E-state index contributed by atoms with van der Waals surface area (Å²) in [6.07, 6.45) is 5.90. The van der Waals surface area contributed by atoms with Crippen LogP contribution in [0.1, 0.15) is 41.7 Å². The van der Waals surface area contributed by atoms with Gasteiger partial charge in [-0.2, -0.15) is 0 Å². The standard InChI is InChI=1S/C22H27N5O2/c1-14-20(23)24-13-18(25-14)16-7-4-8-17(12-16)21(28)27-10-9-26(2)22(29)19(27)11-15-5-3-6-15/h4,7-8,12-13,15,19H,3,5-6,9-11H2,1-2H3,(H2,23,24). The Bertz CT molecular complexity index is 941. The van der Waals surface area contributed by atoms with Gasteiger partial charge in [-0.1, -0.05) is 31.4 Å². The van der Waals surface area contributed by atoms with Gasteiger partial charge < -0.3 is 15.5 Å². The zero-order chi connectivity index (χ0) is 20.5. The van der Waals surface area contributed by atoms with Crippen LogP contribution in [-0.2, 0) is 4.79 Å². The minimum Gasteiger partial charge on any atom is -0.382 e. The molecule has 7 heteroatoms. The third-order valence-corrected chi connectivity index (χ3v) is 6.15. The Morgan fingerprint density at radius 3 is 2.76 bits per heavy atom. The lowest BCUT2D eigenvalue weighted by molar-refractivity contribution is -0.139. The smallest absolute Gasteiger partial charge is 0.254 e. The zero-order valence-corrected chi connectivity index (χ0v) is 17.0. The maximum atomic E-state index is 13.4. The molecule has 1 aromatic heterocycles. The number of piperazine rings is 1. The van der Waals surface area contributed by atoms with E-state index in [0.717, 1.165) is 24.8 Å². The van der Waals surface area contributed by atoms with Crippen LogP contribution in [0.15, 0.2) is 30.5 Å². The molecule has 0 bridgehead atoms. The molecule has 1 atom stereocenters. The molecule has 0 spiro atoms. The minimum absolute atomic E-state index is 0.0488. The van der Waals surface area contributed by atoms with E-state index in [-0.39, 0.29) is 17.9 Å². The first-order valence-electron chi connectivity index (χ1n) is 10.2. The molecular formula is C22H27N5O2. The summed E-state index contributed by atoms with van der Waals surface area (Å²) in [7, 11) is 1.82. The molecule has 1 saturated carbocycles. The van der Waals surface area contributed by atoms with Crippen molar-refractivity contribution in [1.82, 2.24) is 19.8 Å². The number of amides is 2. The minimum atomic E-state index is -0.367. The molecule has 2 fully saturated rings. The largest absolute Gasteiger partial charge is 0.382 e. The Kier molecular flexibility index (Phi) is 5.22. The van der Waals surface area contributed by atoms with Crippen LogP contribution in [0.5, 0.6) is 0 Å². The molecule has 2 heterocycles. The second-order valence-electron chi connectivity index (χ2n) is 8.11. The average molecular weight is 393 g/mol. The Morgan fingerprint density at radius 1 is 1.28 bits per heavy atom. The number of likely N-dealkylation sites (N-methyl/N-ethyl adjacent to an activating group) is 1. The number of hydrogen-bond acceptors (Lipinski definition) is 5. The fourth-order valence-corrected chi connectivity index (χ4v) is 4.03. The maximum Gasteiger partial charge on any atom is 0.254 e. The van der Waals surface area contributed by atoms with E-state index in [9.17, 15) is 9.59 Å². The first-order chi connectivity index (χ1) is 13.9. The first-order valence-corrected chi connectivity index (χ1v) is 10.2. The predicted octanol–water partition coefficient (Wildman–Crippen LogP) is 2.51. The van der Waals surface area contributed by atoms with Crippen molar-refractivity contribution >= 4 is 17.6 Å². The monoisotopic (exact) mass is 393 g/mol. The number of aryl methyl sites for hydroxylation is 1. The summed E-state index contributed by atoms with van der Waals surface area (Å²) < 4.78 is 0. The number of carbonyl (C=O) groups is 2. The molecule has 2 N–H and O–H groups in total. The molecule has 7 nitrogen and oxygen atoms in total. The van der Waals surface area contributed by atoms with Gasteiger partial charge >= 0.3 is 0 Å². The van der Waals surface area contributed by atoms with Gasteiger partial charge in [0.05, 0.1) is 17.6 Å². The molecule has 1 unspecified atom stereocenters. The number of nitrogens with two attached hydrogens (primary N) is 1. The summed E-state index contributed by atoms with van der Waals surface area (Å²) in [5, 5.41) is 0. The molecule has 2 aliphatic rings. The van der Waals surface area contributed by atoms with E-state index in [1.54, 1.807) is 22.1 Å². The summed E-state index contributed by atoms with van der Waals surface area (Å²) in [6.45, 7) is 2.93. The summed E-state index contributed by atoms with van der Waals surface area (Å²) in [5.74, 6) is 0.895. The van der Waals surface area contributed by atoms with E-state index in [1.807, 2.05) is 32.2 Å². The second-order valence-corrected chi connectivity index (χ2v) is 8.11. The van der Waals surface area contributed by atoms with E-state index < -0.39 is 0 Å². The van der Waals surface area contributed by atoms with Gasteiger partial charge in [0.2, 0.25) is 5.91 Å². The molecule has 1 saturated heterocycles. The highest BCUT2D eigenvalue weighted by Crippen LogP contribution is 2.33. The average Bonchev–Trinajstić information content (AvgIpc) is 2.69. The molecule has 29 heavy (non-hydrogen) atoms. The second kappa shape index (κ2) is 7.81. The fourth-order valence-electron chi connectivity index (χ4n) is 4.03. The van der Waals surface area contributed by atoms with Gasteiger partial charge in [0.15, 0.2) is 0 Å². The molecular weight excluding hydrogens is 366 g/mol. The summed E-state index contributed by atoms with van der Waals surface area (Å²) in [5.41, 5.74) is 8.47. The Balaban J connectivity index is 1.60.